The van der Waals surface area contributed by atoms with E-state index in [0.29, 0.717) is 5.75 Å². The molecule has 4 atom stereocenters. The van der Waals surface area contributed by atoms with Gasteiger partial charge in [0, 0.05) is 11.7 Å². The summed E-state index contributed by atoms with van der Waals surface area (Å²) >= 11 is 1.59. The van der Waals surface area contributed by atoms with Gasteiger partial charge in [-0.2, -0.15) is 0 Å². The fourth-order valence-corrected chi connectivity index (χ4v) is 4.94. The first-order valence-electron chi connectivity index (χ1n) is 8.02. The lowest BCUT2D eigenvalue weighted by Gasteiger charge is -2.36. The average Bonchev–Trinajstić information content (AvgIpc) is 3.15. The Balaban J connectivity index is 1.80. The molecule has 1 heterocycles. The van der Waals surface area contributed by atoms with Crippen LogP contribution >= 0.6 is 11.8 Å². The lowest BCUT2D eigenvalue weighted by atomic mass is 9.94. The van der Waals surface area contributed by atoms with E-state index in [2.05, 4.69) is 20.8 Å². The standard InChI is InChI=1S/C18H23NO3S/c1-18(2,3)17-19(14(10-23-17)16(21)22)15(20)13-9-12(13)11-7-5-4-6-8-11/h4-8,12-14,17H,9-10H2,1-3H3,(H,21,22)/t12-,13-,14+,17-/m1/s1. The molecule has 1 saturated heterocycles. The third-order valence-corrected chi connectivity index (χ3v) is 6.37. The molecule has 1 aromatic carbocycles. The van der Waals surface area contributed by atoms with Crippen LogP contribution in [0.1, 0.15) is 38.7 Å². The van der Waals surface area contributed by atoms with Crippen molar-refractivity contribution in [3.63, 3.8) is 0 Å². The second kappa shape index (κ2) is 5.86. The van der Waals surface area contributed by atoms with Crippen LogP contribution in [0.2, 0.25) is 0 Å². The summed E-state index contributed by atoms with van der Waals surface area (Å²) in [7, 11) is 0. The van der Waals surface area contributed by atoms with Crippen molar-refractivity contribution >= 4 is 23.6 Å². The smallest absolute Gasteiger partial charge is 0.327 e. The van der Waals surface area contributed by atoms with Crippen LogP contribution in [0.4, 0.5) is 0 Å². The topological polar surface area (TPSA) is 57.6 Å². The fraction of sp³-hybridized carbons (Fsp3) is 0.556. The minimum atomic E-state index is -0.894. The lowest BCUT2D eigenvalue weighted by molar-refractivity contribution is -0.150. The molecule has 2 fully saturated rings. The van der Waals surface area contributed by atoms with Gasteiger partial charge in [0.05, 0.1) is 5.37 Å². The molecule has 5 heteroatoms. The van der Waals surface area contributed by atoms with E-state index in [9.17, 15) is 14.7 Å². The van der Waals surface area contributed by atoms with Crippen LogP contribution in [0.3, 0.4) is 0 Å². The number of carbonyl (C=O) groups excluding carboxylic acids is 1. The molecule has 0 spiro atoms. The van der Waals surface area contributed by atoms with Gasteiger partial charge in [-0.1, -0.05) is 51.1 Å². The van der Waals surface area contributed by atoms with Crippen LogP contribution in [-0.4, -0.2) is 39.1 Å². The van der Waals surface area contributed by atoms with Crippen molar-refractivity contribution in [2.24, 2.45) is 11.3 Å². The zero-order valence-corrected chi connectivity index (χ0v) is 14.5. The van der Waals surface area contributed by atoms with Gasteiger partial charge < -0.3 is 10.0 Å². The number of carbonyl (C=O) groups is 2. The van der Waals surface area contributed by atoms with Gasteiger partial charge in [-0.05, 0) is 23.3 Å². The van der Waals surface area contributed by atoms with Gasteiger partial charge in [0.25, 0.3) is 0 Å². The quantitative estimate of drug-likeness (QED) is 0.923. The van der Waals surface area contributed by atoms with Crippen molar-refractivity contribution in [1.29, 1.82) is 0 Å². The number of thioether (sulfide) groups is 1. The number of hydrogen-bond acceptors (Lipinski definition) is 3. The lowest BCUT2D eigenvalue weighted by Crippen LogP contribution is -2.50. The molecule has 3 rings (SSSR count). The third kappa shape index (κ3) is 3.11. The Morgan fingerprint density at radius 1 is 1.22 bits per heavy atom. The van der Waals surface area contributed by atoms with Crippen molar-refractivity contribution in [3.05, 3.63) is 35.9 Å². The van der Waals surface area contributed by atoms with Crippen LogP contribution in [0.15, 0.2) is 30.3 Å². The van der Waals surface area contributed by atoms with Crippen LogP contribution in [0.5, 0.6) is 0 Å². The second-order valence-corrected chi connectivity index (χ2v) is 8.62. The highest BCUT2D eigenvalue weighted by molar-refractivity contribution is 8.00. The molecule has 1 aromatic rings. The number of aliphatic carboxylic acids is 1. The Hall–Kier alpha value is -1.49. The molecule has 0 unspecified atom stereocenters. The van der Waals surface area contributed by atoms with E-state index in [1.807, 2.05) is 30.3 Å². The molecule has 0 radical (unpaired) electrons. The molecule has 2 aliphatic rings. The highest BCUT2D eigenvalue weighted by Crippen LogP contribution is 2.51. The van der Waals surface area contributed by atoms with E-state index in [4.69, 9.17) is 0 Å². The Morgan fingerprint density at radius 2 is 1.87 bits per heavy atom. The van der Waals surface area contributed by atoms with Gasteiger partial charge in [0.1, 0.15) is 6.04 Å². The summed E-state index contributed by atoms with van der Waals surface area (Å²) in [6, 6.07) is 9.33. The van der Waals surface area contributed by atoms with E-state index in [-0.39, 0.29) is 28.5 Å². The van der Waals surface area contributed by atoms with Crippen molar-refractivity contribution in [2.45, 2.75) is 44.5 Å². The molecular weight excluding hydrogens is 310 g/mol. The van der Waals surface area contributed by atoms with Gasteiger partial charge >= 0.3 is 5.97 Å². The molecule has 1 aliphatic carbocycles. The van der Waals surface area contributed by atoms with Crippen LogP contribution in [0, 0.1) is 11.3 Å². The second-order valence-electron chi connectivity index (χ2n) is 7.51. The summed E-state index contributed by atoms with van der Waals surface area (Å²) < 4.78 is 0. The summed E-state index contributed by atoms with van der Waals surface area (Å²) in [4.78, 5) is 26.2. The highest BCUT2D eigenvalue weighted by Gasteiger charge is 2.53. The molecule has 1 amide bonds. The number of benzene rings is 1. The summed E-state index contributed by atoms with van der Waals surface area (Å²) in [6.45, 7) is 6.20. The molecule has 1 saturated carbocycles. The maximum absolute atomic E-state index is 13.0. The monoisotopic (exact) mass is 333 g/mol. The van der Waals surface area contributed by atoms with Gasteiger partial charge in [0.2, 0.25) is 5.91 Å². The number of hydrogen-bond donors (Lipinski definition) is 1. The van der Waals surface area contributed by atoms with Gasteiger partial charge in [0.15, 0.2) is 0 Å². The molecule has 4 nitrogen and oxygen atoms in total. The predicted molar refractivity (Wildman–Crippen MR) is 91.3 cm³/mol. The van der Waals surface area contributed by atoms with Crippen LogP contribution in [-0.2, 0) is 9.59 Å². The zero-order chi connectivity index (χ0) is 16.8. The highest BCUT2D eigenvalue weighted by atomic mass is 32.2. The van der Waals surface area contributed by atoms with Gasteiger partial charge in [-0.15, -0.1) is 11.8 Å². The van der Waals surface area contributed by atoms with E-state index < -0.39 is 12.0 Å². The minimum absolute atomic E-state index is 0.0104. The normalized spacial score (nSPS) is 30.3. The van der Waals surface area contributed by atoms with E-state index in [0.717, 1.165) is 6.42 Å². The molecular formula is C18H23NO3S. The maximum Gasteiger partial charge on any atom is 0.327 e. The molecule has 23 heavy (non-hydrogen) atoms. The van der Waals surface area contributed by atoms with Crippen molar-refractivity contribution < 1.29 is 14.7 Å². The van der Waals surface area contributed by atoms with E-state index >= 15 is 0 Å². The van der Waals surface area contributed by atoms with E-state index in [1.165, 1.54) is 5.56 Å². The first-order chi connectivity index (χ1) is 10.8. The number of carboxylic acids is 1. The molecule has 1 N–H and O–H groups in total. The average molecular weight is 333 g/mol. The summed E-state index contributed by atoms with van der Waals surface area (Å²) in [5, 5.41) is 9.42. The summed E-state index contributed by atoms with van der Waals surface area (Å²) in [6.07, 6.45) is 0.827. The first-order valence-corrected chi connectivity index (χ1v) is 9.07. The number of carboxylic acid groups (broad SMARTS) is 1. The van der Waals surface area contributed by atoms with Gasteiger partial charge in [-0.25, -0.2) is 4.79 Å². The fourth-order valence-electron chi connectivity index (χ4n) is 3.36. The van der Waals surface area contributed by atoms with E-state index in [1.54, 1.807) is 16.7 Å². The number of nitrogens with zero attached hydrogens (tertiary/aromatic N) is 1. The predicted octanol–water partition coefficient (Wildman–Crippen LogP) is 3.19. The van der Waals surface area contributed by atoms with Gasteiger partial charge in [-0.3, -0.25) is 4.79 Å². The van der Waals surface area contributed by atoms with Crippen LogP contribution < -0.4 is 0 Å². The SMILES string of the molecule is CC(C)(C)[C@H]1SC[C@@H](C(=O)O)N1C(=O)[C@@H]1C[C@@H]1c1ccccc1. The zero-order valence-electron chi connectivity index (χ0n) is 13.7. The molecule has 0 bridgehead atoms. The maximum atomic E-state index is 13.0. The third-order valence-electron chi connectivity index (χ3n) is 4.62. The molecule has 124 valence electrons. The Kier molecular flexibility index (Phi) is 4.17. The molecule has 1 aliphatic heterocycles. The summed E-state index contributed by atoms with van der Waals surface area (Å²) in [5.41, 5.74) is 1.04. The Labute approximate surface area is 141 Å². The summed E-state index contributed by atoms with van der Waals surface area (Å²) in [5.74, 6) is -0.232. The van der Waals surface area contributed by atoms with Crippen LogP contribution in [0.25, 0.3) is 0 Å². The minimum Gasteiger partial charge on any atom is -0.480 e. The van der Waals surface area contributed by atoms with Crippen molar-refractivity contribution in [3.8, 4) is 0 Å². The number of amides is 1. The number of rotatable bonds is 3. The largest absolute Gasteiger partial charge is 0.480 e. The van der Waals surface area contributed by atoms with Crippen molar-refractivity contribution in [1.82, 2.24) is 4.90 Å². The molecule has 0 aromatic heterocycles. The Morgan fingerprint density at radius 3 is 2.43 bits per heavy atom. The Bertz CT molecular complexity index is 610. The first kappa shape index (κ1) is 16.4. The van der Waals surface area contributed by atoms with Crippen molar-refractivity contribution in [2.75, 3.05) is 5.75 Å².